The number of nitrogens with zero attached hydrogens (tertiary/aromatic N) is 1. The van der Waals surface area contributed by atoms with E-state index in [1.54, 1.807) is 0 Å². The minimum Gasteiger partial charge on any atom is -0.337 e. The van der Waals surface area contributed by atoms with Gasteiger partial charge >= 0.3 is 0 Å². The van der Waals surface area contributed by atoms with Gasteiger partial charge in [-0.15, -0.1) is 0 Å². The van der Waals surface area contributed by atoms with Crippen LogP contribution in [0.25, 0.3) is 32.9 Å². The van der Waals surface area contributed by atoms with Crippen molar-refractivity contribution in [3.05, 3.63) is 106 Å². The number of para-hydroxylation sites is 1. The van der Waals surface area contributed by atoms with Crippen molar-refractivity contribution < 1.29 is 0 Å². The fraction of sp³-hybridized carbons (Fsp3) is 0.294. The second-order valence-corrected chi connectivity index (χ2v) is 12.0. The SMILES string of the molecule is Clc1ccc2c(c1)-c1ccccc1CC2CCC1CCC(n2c3ccccc3c3cc(Cl)ccc32)CC1. The molecular weight excluding hydrogens is 493 g/mol. The third-order valence-electron chi connectivity index (χ3n) is 9.01. The molecule has 5 aromatic rings. The number of hydrogen-bond donors (Lipinski definition) is 0. The first kappa shape index (κ1) is 23.4. The van der Waals surface area contributed by atoms with Crippen LogP contribution < -0.4 is 0 Å². The summed E-state index contributed by atoms with van der Waals surface area (Å²) in [5.41, 5.74) is 8.33. The molecule has 0 radical (unpaired) electrons. The molecule has 3 heteroatoms. The van der Waals surface area contributed by atoms with Crippen molar-refractivity contribution in [2.45, 2.75) is 56.9 Å². The lowest BCUT2D eigenvalue weighted by Gasteiger charge is -2.33. The van der Waals surface area contributed by atoms with E-state index in [0.717, 1.165) is 22.4 Å². The van der Waals surface area contributed by atoms with Gasteiger partial charge in [0, 0.05) is 37.9 Å². The molecule has 1 aromatic heterocycles. The lowest BCUT2D eigenvalue weighted by molar-refractivity contribution is 0.262. The molecule has 1 atom stereocenters. The lowest BCUT2D eigenvalue weighted by atomic mass is 9.74. The quantitative estimate of drug-likeness (QED) is 0.220. The van der Waals surface area contributed by atoms with Gasteiger partial charge in [0.25, 0.3) is 0 Å². The molecule has 0 saturated heterocycles. The van der Waals surface area contributed by atoms with E-state index >= 15 is 0 Å². The van der Waals surface area contributed by atoms with Gasteiger partial charge in [0.15, 0.2) is 0 Å². The zero-order valence-electron chi connectivity index (χ0n) is 21.0. The van der Waals surface area contributed by atoms with Crippen molar-refractivity contribution in [1.82, 2.24) is 4.57 Å². The largest absolute Gasteiger partial charge is 0.337 e. The topological polar surface area (TPSA) is 4.93 Å². The van der Waals surface area contributed by atoms with Gasteiger partial charge in [-0.3, -0.25) is 0 Å². The first-order valence-electron chi connectivity index (χ1n) is 13.7. The Hall–Kier alpha value is -2.74. The molecule has 1 unspecified atom stereocenters. The molecule has 1 nitrogen and oxygen atoms in total. The van der Waals surface area contributed by atoms with Crippen molar-refractivity contribution in [2.75, 3.05) is 0 Å². The van der Waals surface area contributed by atoms with Crippen molar-refractivity contribution in [1.29, 1.82) is 0 Å². The van der Waals surface area contributed by atoms with Crippen LogP contribution in [0.3, 0.4) is 0 Å². The highest BCUT2D eigenvalue weighted by Gasteiger charge is 2.28. The summed E-state index contributed by atoms with van der Waals surface area (Å²) in [7, 11) is 0. The average molecular weight is 525 g/mol. The molecular formula is C34H31Cl2N. The Labute approximate surface area is 229 Å². The molecule has 0 spiro atoms. The molecule has 0 amide bonds. The fourth-order valence-corrected chi connectivity index (χ4v) is 7.55. The van der Waals surface area contributed by atoms with Gasteiger partial charge in [0.2, 0.25) is 0 Å². The third-order valence-corrected chi connectivity index (χ3v) is 9.48. The molecule has 2 aliphatic rings. The van der Waals surface area contributed by atoms with E-state index in [4.69, 9.17) is 23.2 Å². The van der Waals surface area contributed by atoms with E-state index in [1.807, 2.05) is 6.07 Å². The maximum Gasteiger partial charge on any atom is 0.0495 e. The van der Waals surface area contributed by atoms with Crippen molar-refractivity contribution in [2.24, 2.45) is 5.92 Å². The molecule has 186 valence electrons. The Morgan fingerprint density at radius 1 is 0.649 bits per heavy atom. The summed E-state index contributed by atoms with van der Waals surface area (Å²) in [5, 5.41) is 4.24. The van der Waals surface area contributed by atoms with Gasteiger partial charge in [-0.05, 0) is 115 Å². The number of fused-ring (bicyclic) bond motifs is 6. The van der Waals surface area contributed by atoms with Crippen LogP contribution in [-0.4, -0.2) is 4.57 Å². The summed E-state index contributed by atoms with van der Waals surface area (Å²) in [5.74, 6) is 1.40. The van der Waals surface area contributed by atoms with Crippen LogP contribution in [-0.2, 0) is 6.42 Å². The van der Waals surface area contributed by atoms with E-state index in [2.05, 4.69) is 83.4 Å². The smallest absolute Gasteiger partial charge is 0.0495 e. The summed E-state index contributed by atoms with van der Waals surface area (Å²) in [6.07, 6.45) is 8.83. The molecule has 2 aliphatic carbocycles. The van der Waals surface area contributed by atoms with E-state index in [9.17, 15) is 0 Å². The van der Waals surface area contributed by atoms with E-state index in [0.29, 0.717) is 12.0 Å². The van der Waals surface area contributed by atoms with Crippen LogP contribution in [0.2, 0.25) is 10.0 Å². The third kappa shape index (κ3) is 4.17. The molecule has 1 fully saturated rings. The minimum absolute atomic E-state index is 0.559. The molecule has 0 aliphatic heterocycles. The summed E-state index contributed by atoms with van der Waals surface area (Å²) in [6.45, 7) is 0. The molecule has 1 saturated carbocycles. The standard InChI is InChI=1S/C34H31Cl2N/c35-25-13-17-29-24(19-23-5-1-2-6-28(23)31(29)20-25)12-9-22-10-15-27(16-11-22)37-33-8-4-3-7-30(33)32-21-26(36)14-18-34(32)37/h1-8,13-14,17-18,20-22,24,27H,9-12,15-16,19H2. The normalized spacial score (nSPS) is 21.2. The molecule has 0 bridgehead atoms. The van der Waals surface area contributed by atoms with Crippen LogP contribution in [0.1, 0.15) is 61.6 Å². The van der Waals surface area contributed by atoms with Gasteiger partial charge in [0.1, 0.15) is 0 Å². The Morgan fingerprint density at radius 2 is 1.38 bits per heavy atom. The zero-order valence-corrected chi connectivity index (χ0v) is 22.5. The average Bonchev–Trinajstić information content (AvgIpc) is 3.25. The van der Waals surface area contributed by atoms with Gasteiger partial charge < -0.3 is 4.57 Å². The van der Waals surface area contributed by atoms with Crippen LogP contribution in [0, 0.1) is 5.92 Å². The van der Waals surface area contributed by atoms with Crippen molar-refractivity contribution in [3.8, 4) is 11.1 Å². The number of aromatic nitrogens is 1. The second-order valence-electron chi connectivity index (χ2n) is 11.1. The number of benzene rings is 4. The predicted octanol–water partition coefficient (Wildman–Crippen LogP) is 10.6. The lowest BCUT2D eigenvalue weighted by Crippen LogP contribution is -2.19. The molecule has 37 heavy (non-hydrogen) atoms. The number of hydrogen-bond acceptors (Lipinski definition) is 0. The Morgan fingerprint density at radius 3 is 2.27 bits per heavy atom. The minimum atomic E-state index is 0.559. The molecule has 4 aromatic carbocycles. The summed E-state index contributed by atoms with van der Waals surface area (Å²) in [4.78, 5) is 0. The van der Waals surface area contributed by atoms with Crippen molar-refractivity contribution in [3.63, 3.8) is 0 Å². The fourth-order valence-electron chi connectivity index (χ4n) is 7.21. The summed E-state index contributed by atoms with van der Waals surface area (Å²) < 4.78 is 2.61. The van der Waals surface area contributed by atoms with Crippen LogP contribution in [0.5, 0.6) is 0 Å². The van der Waals surface area contributed by atoms with Crippen molar-refractivity contribution >= 4 is 45.0 Å². The highest BCUT2D eigenvalue weighted by molar-refractivity contribution is 6.32. The molecule has 1 heterocycles. The van der Waals surface area contributed by atoms with Gasteiger partial charge in [-0.2, -0.15) is 0 Å². The highest BCUT2D eigenvalue weighted by Crippen LogP contribution is 2.45. The van der Waals surface area contributed by atoms with Gasteiger partial charge in [-0.1, -0.05) is 71.7 Å². The zero-order chi connectivity index (χ0) is 24.9. The monoisotopic (exact) mass is 523 g/mol. The molecule has 7 rings (SSSR count). The van der Waals surface area contributed by atoms with E-state index < -0.39 is 0 Å². The number of rotatable bonds is 4. The first-order valence-corrected chi connectivity index (χ1v) is 14.5. The second kappa shape index (κ2) is 9.53. The maximum absolute atomic E-state index is 6.42. The van der Waals surface area contributed by atoms with E-state index in [1.165, 1.54) is 82.6 Å². The maximum atomic E-state index is 6.42. The van der Waals surface area contributed by atoms with Gasteiger partial charge in [-0.25, -0.2) is 0 Å². The van der Waals surface area contributed by atoms with Crippen LogP contribution in [0.4, 0.5) is 0 Å². The Balaban J connectivity index is 1.08. The summed E-state index contributed by atoms with van der Waals surface area (Å²) >= 11 is 12.8. The van der Waals surface area contributed by atoms with Crippen LogP contribution in [0.15, 0.2) is 84.9 Å². The van der Waals surface area contributed by atoms with Crippen LogP contribution >= 0.6 is 23.2 Å². The highest BCUT2D eigenvalue weighted by atomic mass is 35.5. The Bertz CT molecular complexity index is 1610. The first-order chi connectivity index (χ1) is 18.2. The number of halogens is 2. The molecule has 0 N–H and O–H groups in total. The summed E-state index contributed by atoms with van der Waals surface area (Å²) in [6, 6.07) is 31.2. The Kier molecular flexibility index (Phi) is 6.02. The van der Waals surface area contributed by atoms with E-state index in [-0.39, 0.29) is 0 Å². The van der Waals surface area contributed by atoms with Gasteiger partial charge in [0.05, 0.1) is 0 Å². The predicted molar refractivity (Wildman–Crippen MR) is 158 cm³/mol.